The van der Waals surface area contributed by atoms with Crippen molar-refractivity contribution in [3.8, 4) is 0 Å². The molecule has 4 rings (SSSR count). The summed E-state index contributed by atoms with van der Waals surface area (Å²) in [7, 11) is 2.04. The van der Waals surface area contributed by atoms with Crippen molar-refractivity contribution in [1.29, 1.82) is 0 Å². The zero-order valence-electron chi connectivity index (χ0n) is 13.1. The quantitative estimate of drug-likeness (QED) is 0.774. The highest BCUT2D eigenvalue weighted by molar-refractivity contribution is 5.32. The Bertz CT molecular complexity index is 535. The molecule has 0 aromatic heterocycles. The van der Waals surface area contributed by atoms with Crippen LogP contribution in [0.2, 0.25) is 0 Å². The topological polar surface area (TPSA) is 26.7 Å². The van der Waals surface area contributed by atoms with E-state index >= 15 is 0 Å². The van der Waals surface area contributed by atoms with E-state index in [0.29, 0.717) is 5.76 Å². The lowest BCUT2D eigenvalue weighted by Crippen LogP contribution is -2.34. The molecule has 1 N–H and O–H groups in total. The number of unbranched alkanes of at least 4 members (excludes halogenated alkanes) is 1. The van der Waals surface area contributed by atoms with Gasteiger partial charge in [0.1, 0.15) is 11.9 Å². The highest BCUT2D eigenvalue weighted by Gasteiger charge is 2.67. The molecule has 0 amide bonds. The maximum absolute atomic E-state index is 10.2. The highest BCUT2D eigenvalue weighted by atomic mass is 16.3. The fourth-order valence-electron chi connectivity index (χ4n) is 4.44. The number of likely N-dealkylation sites (N-methyl/N-ethyl adjacent to an activating group) is 1. The largest absolute Gasteiger partial charge is 0.508 e. The van der Waals surface area contributed by atoms with Crippen molar-refractivity contribution in [1.82, 2.24) is 9.80 Å². The first-order valence-corrected chi connectivity index (χ1v) is 8.40. The molecule has 114 valence electrons. The predicted octanol–water partition coefficient (Wildman–Crippen LogP) is 3.98. The zero-order chi connectivity index (χ0) is 14.6. The molecule has 2 fully saturated rings. The van der Waals surface area contributed by atoms with Gasteiger partial charge in [-0.1, -0.05) is 13.3 Å². The smallest absolute Gasteiger partial charge is 0.128 e. The average molecular weight is 286 g/mol. The summed E-state index contributed by atoms with van der Waals surface area (Å²) in [4.78, 5) is 4.28. The highest BCUT2D eigenvalue weighted by Crippen LogP contribution is 2.75. The molecule has 0 bridgehead atoms. The molecular formula is C18H26N2O. The van der Waals surface area contributed by atoms with E-state index in [1.54, 1.807) is 0 Å². The Hall–Kier alpha value is -1.38. The second-order valence-corrected chi connectivity index (χ2v) is 7.52. The van der Waals surface area contributed by atoms with Gasteiger partial charge in [-0.25, -0.2) is 0 Å². The Kier molecular flexibility index (Phi) is 2.88. The number of rotatable bonds is 5. The fraction of sp³-hybridized carbons (Fsp3) is 0.667. The van der Waals surface area contributed by atoms with E-state index in [1.165, 1.54) is 32.1 Å². The molecule has 2 saturated carbocycles. The van der Waals surface area contributed by atoms with Gasteiger partial charge in [-0.2, -0.15) is 0 Å². The van der Waals surface area contributed by atoms with Gasteiger partial charge in [0.05, 0.1) is 0 Å². The minimum Gasteiger partial charge on any atom is -0.508 e. The summed E-state index contributed by atoms with van der Waals surface area (Å²) < 4.78 is 0. The third-order valence-electron chi connectivity index (χ3n) is 6.17. The average Bonchev–Trinajstić information content (AvgIpc) is 3.28. The maximum Gasteiger partial charge on any atom is 0.128 e. The lowest BCUT2D eigenvalue weighted by Gasteiger charge is -2.29. The van der Waals surface area contributed by atoms with Gasteiger partial charge in [-0.05, 0) is 49.4 Å². The summed E-state index contributed by atoms with van der Waals surface area (Å²) in [5, 5.41) is 10.2. The number of aliphatic hydroxyl groups excluding tert-OH is 1. The predicted molar refractivity (Wildman–Crippen MR) is 84.1 cm³/mol. The third-order valence-corrected chi connectivity index (χ3v) is 6.17. The van der Waals surface area contributed by atoms with Crippen LogP contribution in [-0.2, 0) is 0 Å². The summed E-state index contributed by atoms with van der Waals surface area (Å²) in [5.74, 6) is 2.51. The van der Waals surface area contributed by atoms with Crippen LogP contribution in [0.15, 0.2) is 36.0 Å². The Morgan fingerprint density at radius 1 is 1.29 bits per heavy atom. The van der Waals surface area contributed by atoms with Gasteiger partial charge < -0.3 is 14.9 Å². The van der Waals surface area contributed by atoms with Crippen LogP contribution in [0.4, 0.5) is 0 Å². The molecule has 4 unspecified atom stereocenters. The van der Waals surface area contributed by atoms with Crippen molar-refractivity contribution < 1.29 is 5.11 Å². The first-order valence-electron chi connectivity index (χ1n) is 8.40. The number of aliphatic hydroxyl groups is 1. The second kappa shape index (κ2) is 4.56. The van der Waals surface area contributed by atoms with E-state index in [0.717, 1.165) is 29.2 Å². The van der Waals surface area contributed by atoms with Gasteiger partial charge >= 0.3 is 0 Å². The number of nitrogens with zero attached hydrogens (tertiary/aromatic N) is 2. The number of hydrogen-bond acceptors (Lipinski definition) is 3. The first kappa shape index (κ1) is 13.3. The lowest BCUT2D eigenvalue weighted by molar-refractivity contribution is 0.257. The van der Waals surface area contributed by atoms with Crippen LogP contribution in [0.25, 0.3) is 0 Å². The van der Waals surface area contributed by atoms with E-state index in [-0.39, 0.29) is 6.17 Å². The number of allylic oxidation sites excluding steroid dienone is 1. The fourth-order valence-corrected chi connectivity index (χ4v) is 4.44. The monoisotopic (exact) mass is 286 g/mol. The van der Waals surface area contributed by atoms with Crippen LogP contribution in [0, 0.1) is 17.3 Å². The normalized spacial score (nSPS) is 39.4. The molecule has 3 nitrogen and oxygen atoms in total. The van der Waals surface area contributed by atoms with Gasteiger partial charge in [0, 0.05) is 37.3 Å². The molecular weight excluding hydrogens is 260 g/mol. The maximum atomic E-state index is 10.2. The van der Waals surface area contributed by atoms with Crippen molar-refractivity contribution >= 4 is 0 Å². The molecule has 1 spiro atoms. The summed E-state index contributed by atoms with van der Waals surface area (Å²) in [6, 6.07) is 0. The molecule has 2 heterocycles. The summed E-state index contributed by atoms with van der Waals surface area (Å²) >= 11 is 0. The summed E-state index contributed by atoms with van der Waals surface area (Å²) in [6.45, 7) is 2.41. The SMILES string of the molecule is CC1CC12CC2CCCCC1=CN2C=CN(C)C2C=C1O. The molecule has 2 aliphatic carbocycles. The Balaban J connectivity index is 1.25. The van der Waals surface area contributed by atoms with Gasteiger partial charge in [0.2, 0.25) is 0 Å². The Morgan fingerprint density at radius 2 is 2.10 bits per heavy atom. The zero-order valence-corrected chi connectivity index (χ0v) is 13.1. The molecule has 0 aromatic carbocycles. The molecule has 4 aliphatic rings. The molecule has 0 aromatic rings. The first-order chi connectivity index (χ1) is 10.1. The van der Waals surface area contributed by atoms with Crippen LogP contribution >= 0.6 is 0 Å². The molecule has 2 aliphatic heterocycles. The molecule has 4 atom stereocenters. The van der Waals surface area contributed by atoms with Crippen LogP contribution in [0.3, 0.4) is 0 Å². The van der Waals surface area contributed by atoms with Gasteiger partial charge in [-0.15, -0.1) is 0 Å². The van der Waals surface area contributed by atoms with Crippen molar-refractivity contribution in [2.24, 2.45) is 17.3 Å². The second-order valence-electron chi connectivity index (χ2n) is 7.52. The van der Waals surface area contributed by atoms with Crippen LogP contribution < -0.4 is 0 Å². The van der Waals surface area contributed by atoms with E-state index in [2.05, 4.69) is 35.3 Å². The summed E-state index contributed by atoms with van der Waals surface area (Å²) in [6.07, 6.45) is 16.3. The molecule has 0 radical (unpaired) electrons. The minimum absolute atomic E-state index is 0.163. The van der Waals surface area contributed by atoms with E-state index < -0.39 is 0 Å². The van der Waals surface area contributed by atoms with Crippen LogP contribution in [0.5, 0.6) is 0 Å². The van der Waals surface area contributed by atoms with Crippen molar-refractivity contribution in [3.63, 3.8) is 0 Å². The van der Waals surface area contributed by atoms with E-state index in [9.17, 15) is 5.11 Å². The molecule has 0 saturated heterocycles. The van der Waals surface area contributed by atoms with Gasteiger partial charge in [0.25, 0.3) is 0 Å². The van der Waals surface area contributed by atoms with Crippen LogP contribution in [-0.4, -0.2) is 28.1 Å². The summed E-state index contributed by atoms with van der Waals surface area (Å²) in [5.41, 5.74) is 1.90. The van der Waals surface area contributed by atoms with Gasteiger partial charge in [-0.3, -0.25) is 0 Å². The minimum atomic E-state index is 0.163. The number of hydrogen-bond donors (Lipinski definition) is 1. The van der Waals surface area contributed by atoms with Crippen LogP contribution in [0.1, 0.15) is 45.4 Å². The standard InChI is InChI=1S/C18H26N2O/c1-13-10-18(13)11-15(18)6-4-3-5-14-12-20-8-7-19(2)17(20)9-16(14)21/h7-9,12-13,15,17,21H,3-6,10-11H2,1-2H3. The van der Waals surface area contributed by atoms with E-state index in [4.69, 9.17) is 0 Å². The van der Waals surface area contributed by atoms with Crippen molar-refractivity contribution in [2.75, 3.05) is 7.05 Å². The molecule has 21 heavy (non-hydrogen) atoms. The van der Waals surface area contributed by atoms with E-state index in [1.807, 2.05) is 13.1 Å². The third kappa shape index (κ3) is 2.18. The Morgan fingerprint density at radius 3 is 2.81 bits per heavy atom. The lowest BCUT2D eigenvalue weighted by atomic mass is 10.0. The Labute approximate surface area is 127 Å². The van der Waals surface area contributed by atoms with Crippen molar-refractivity contribution in [2.45, 2.75) is 51.6 Å². The van der Waals surface area contributed by atoms with Gasteiger partial charge in [0.15, 0.2) is 0 Å². The van der Waals surface area contributed by atoms with Crippen molar-refractivity contribution in [3.05, 3.63) is 36.0 Å². The molecule has 3 heteroatoms. The number of fused-ring (bicyclic) bond motifs is 1.